The second-order valence-corrected chi connectivity index (χ2v) is 8.85. The van der Waals surface area contributed by atoms with E-state index in [1.54, 1.807) is 0 Å². The molecule has 0 radical (unpaired) electrons. The van der Waals surface area contributed by atoms with Crippen LogP contribution in [0.15, 0.2) is 24.3 Å². The van der Waals surface area contributed by atoms with E-state index in [9.17, 15) is 9.36 Å². The van der Waals surface area contributed by atoms with Crippen molar-refractivity contribution >= 4 is 13.8 Å². The maximum Gasteiger partial charge on any atom is 0.469 e. The minimum Gasteiger partial charge on any atom is -0.463 e. The molecule has 0 amide bonds. The molecule has 0 rings (SSSR count). The number of ether oxygens (including phenoxy) is 1. The molecule has 0 aliphatic rings. The van der Waals surface area contributed by atoms with Gasteiger partial charge in [0.2, 0.25) is 0 Å². The van der Waals surface area contributed by atoms with Crippen LogP contribution in [0.5, 0.6) is 0 Å². The van der Waals surface area contributed by atoms with Crippen LogP contribution in [0.25, 0.3) is 0 Å². The lowest BCUT2D eigenvalue weighted by molar-refractivity contribution is -0.147. The van der Waals surface area contributed by atoms with Gasteiger partial charge >= 0.3 is 13.8 Å². The fraction of sp³-hybridized carbons (Fsp3) is 0.783. The molecule has 0 aromatic carbocycles. The van der Waals surface area contributed by atoms with Crippen molar-refractivity contribution in [2.75, 3.05) is 26.4 Å². The zero-order valence-corrected chi connectivity index (χ0v) is 21.0. The molecular weight excluding hydrogens is 449 g/mol. The molecule has 0 aliphatic heterocycles. The van der Waals surface area contributed by atoms with Gasteiger partial charge in [-0.05, 0) is 38.5 Å². The molecule has 0 bridgehead atoms. The molecule has 33 heavy (non-hydrogen) atoms. The Labute approximate surface area is 199 Å². The monoisotopic (exact) mass is 495 g/mol. The molecule has 1 unspecified atom stereocenters. The average Bonchev–Trinajstić information content (AvgIpc) is 2.78. The number of aliphatic hydroxyl groups excluding tert-OH is 2. The second-order valence-electron chi connectivity index (χ2n) is 7.61. The Morgan fingerprint density at radius 3 is 2.06 bits per heavy atom. The Kier molecular flexibility index (Phi) is 26.4. The molecule has 6 N–H and O–H groups in total. The molecule has 0 aromatic heterocycles. The van der Waals surface area contributed by atoms with Crippen LogP contribution in [-0.4, -0.2) is 58.4 Å². The number of aliphatic hydroxyl groups is 2. The first-order valence-corrected chi connectivity index (χ1v) is 13.4. The van der Waals surface area contributed by atoms with E-state index in [1.807, 2.05) is 0 Å². The summed E-state index contributed by atoms with van der Waals surface area (Å²) >= 11 is 0. The van der Waals surface area contributed by atoms with Gasteiger partial charge in [-0.2, -0.15) is 0 Å². The minimum absolute atomic E-state index is 0.107. The van der Waals surface area contributed by atoms with Crippen molar-refractivity contribution in [3.63, 3.8) is 0 Å². The number of hydrogen-bond acceptors (Lipinski definition) is 7. The Bertz CT molecular complexity index is 537. The fourth-order valence-electron chi connectivity index (χ4n) is 2.57. The molecule has 0 heterocycles. The molecule has 9 nitrogen and oxygen atoms in total. The lowest BCUT2D eigenvalue weighted by atomic mass is 10.1. The number of esters is 1. The van der Waals surface area contributed by atoms with E-state index in [0.29, 0.717) is 6.42 Å². The van der Waals surface area contributed by atoms with Crippen molar-refractivity contribution < 1.29 is 38.6 Å². The summed E-state index contributed by atoms with van der Waals surface area (Å²) in [6.45, 7) is 1.75. The summed E-state index contributed by atoms with van der Waals surface area (Å²) in [7, 11) is -4.26. The molecule has 0 aliphatic carbocycles. The van der Waals surface area contributed by atoms with Crippen LogP contribution in [0, 0.1) is 0 Å². The summed E-state index contributed by atoms with van der Waals surface area (Å²) in [5.41, 5.74) is 4.87. The number of phosphoric acid groups is 1. The third kappa shape index (κ3) is 33.2. The van der Waals surface area contributed by atoms with Crippen LogP contribution in [-0.2, 0) is 18.6 Å². The molecule has 0 spiro atoms. The maximum absolute atomic E-state index is 11.4. The minimum atomic E-state index is -4.26. The number of carbonyl (C=O) groups is 1. The van der Waals surface area contributed by atoms with Gasteiger partial charge in [0, 0.05) is 13.0 Å². The van der Waals surface area contributed by atoms with E-state index >= 15 is 0 Å². The van der Waals surface area contributed by atoms with Gasteiger partial charge < -0.3 is 30.5 Å². The lowest BCUT2D eigenvalue weighted by Gasteiger charge is -2.08. The number of unbranched alkanes of at least 4 members (excludes halogenated alkanes) is 8. The number of hydrogen-bond donors (Lipinski definition) is 5. The summed E-state index contributed by atoms with van der Waals surface area (Å²) in [6.07, 6.45) is 21.1. The van der Waals surface area contributed by atoms with Crippen LogP contribution < -0.4 is 5.73 Å². The molecular formula is C23H46NO8P. The maximum atomic E-state index is 11.4. The van der Waals surface area contributed by atoms with Crippen molar-refractivity contribution in [2.45, 2.75) is 90.1 Å². The van der Waals surface area contributed by atoms with Crippen molar-refractivity contribution in [1.82, 2.24) is 0 Å². The second kappa shape index (κ2) is 25.6. The van der Waals surface area contributed by atoms with Crippen LogP contribution in [0.2, 0.25) is 0 Å². The van der Waals surface area contributed by atoms with E-state index in [1.165, 1.54) is 38.5 Å². The Balaban J connectivity index is 0. The SMILES string of the molecule is CCCCC/C=C\C/C=C\CCCCCCCC(=O)OCC(O)CO.NCCOP(=O)(O)O. The molecule has 196 valence electrons. The highest BCUT2D eigenvalue weighted by atomic mass is 31.2. The highest BCUT2D eigenvalue weighted by Crippen LogP contribution is 2.34. The van der Waals surface area contributed by atoms with Crippen LogP contribution in [0.3, 0.4) is 0 Å². The topological polar surface area (TPSA) is 160 Å². The molecule has 0 saturated carbocycles. The third-order valence-corrected chi connectivity index (χ3v) is 4.88. The summed E-state index contributed by atoms with van der Waals surface area (Å²) in [6, 6.07) is 0. The Morgan fingerprint density at radius 1 is 0.970 bits per heavy atom. The molecule has 0 fully saturated rings. The largest absolute Gasteiger partial charge is 0.469 e. The predicted octanol–water partition coefficient (Wildman–Crippen LogP) is 3.75. The number of nitrogens with two attached hydrogens (primary N) is 1. The quantitative estimate of drug-likeness (QED) is 0.0733. The molecule has 0 aromatic rings. The van der Waals surface area contributed by atoms with E-state index in [0.717, 1.165) is 32.1 Å². The Morgan fingerprint density at radius 2 is 1.55 bits per heavy atom. The third-order valence-electron chi connectivity index (χ3n) is 4.36. The standard InChI is InChI=1S/C21H38O4.C2H8NO4P/c1-2-3-4-5-6-7-8-9-10-11-12-13-14-15-16-17-21(24)25-19-20(23)18-22;3-1-2-7-8(4,5)6/h6-7,9-10,20,22-23H,2-5,8,11-19H2,1H3;1-3H2,(H2,4,5,6)/b7-6-,10-9-;. The summed E-state index contributed by atoms with van der Waals surface area (Å²) in [5.74, 6) is -0.293. The molecule has 0 saturated heterocycles. The number of phosphoric ester groups is 1. The van der Waals surface area contributed by atoms with Crippen LogP contribution in [0.4, 0.5) is 0 Å². The van der Waals surface area contributed by atoms with Crippen molar-refractivity contribution in [2.24, 2.45) is 5.73 Å². The summed E-state index contributed by atoms with van der Waals surface area (Å²) in [4.78, 5) is 27.3. The lowest BCUT2D eigenvalue weighted by Crippen LogP contribution is -2.21. The van der Waals surface area contributed by atoms with Gasteiger partial charge in [-0.3, -0.25) is 9.32 Å². The van der Waals surface area contributed by atoms with Gasteiger partial charge in [-0.1, -0.05) is 63.3 Å². The van der Waals surface area contributed by atoms with E-state index in [2.05, 4.69) is 35.8 Å². The predicted molar refractivity (Wildman–Crippen MR) is 130 cm³/mol. The normalized spacial score (nSPS) is 12.7. The average molecular weight is 496 g/mol. The molecule has 10 heteroatoms. The van der Waals surface area contributed by atoms with Gasteiger partial charge in [0.1, 0.15) is 12.7 Å². The van der Waals surface area contributed by atoms with Gasteiger partial charge in [-0.25, -0.2) is 4.57 Å². The van der Waals surface area contributed by atoms with Gasteiger partial charge in [-0.15, -0.1) is 0 Å². The van der Waals surface area contributed by atoms with Crippen LogP contribution >= 0.6 is 7.82 Å². The summed E-state index contributed by atoms with van der Waals surface area (Å²) in [5, 5.41) is 17.7. The highest BCUT2D eigenvalue weighted by molar-refractivity contribution is 7.46. The zero-order chi connectivity index (χ0) is 25.2. The first kappa shape index (κ1) is 34.1. The number of allylic oxidation sites excluding steroid dienone is 4. The number of carbonyl (C=O) groups excluding carboxylic acids is 1. The van der Waals surface area contributed by atoms with Gasteiger partial charge in [0.05, 0.1) is 13.2 Å². The van der Waals surface area contributed by atoms with E-state index in [-0.39, 0.29) is 32.3 Å². The fourth-order valence-corrected chi connectivity index (χ4v) is 2.91. The van der Waals surface area contributed by atoms with E-state index < -0.39 is 13.9 Å². The van der Waals surface area contributed by atoms with Crippen molar-refractivity contribution in [1.29, 1.82) is 0 Å². The van der Waals surface area contributed by atoms with Gasteiger partial charge in [0.15, 0.2) is 0 Å². The van der Waals surface area contributed by atoms with Crippen molar-refractivity contribution in [3.8, 4) is 0 Å². The smallest absolute Gasteiger partial charge is 0.463 e. The Hall–Kier alpha value is -1.06. The van der Waals surface area contributed by atoms with E-state index in [4.69, 9.17) is 30.5 Å². The first-order valence-electron chi connectivity index (χ1n) is 11.9. The number of rotatable bonds is 20. The summed E-state index contributed by atoms with van der Waals surface area (Å²) < 4.78 is 18.6. The first-order chi connectivity index (χ1) is 15.8. The van der Waals surface area contributed by atoms with Crippen molar-refractivity contribution in [3.05, 3.63) is 24.3 Å². The zero-order valence-electron chi connectivity index (χ0n) is 20.1. The van der Waals surface area contributed by atoms with Gasteiger partial charge in [0.25, 0.3) is 0 Å². The highest BCUT2D eigenvalue weighted by Gasteiger charge is 2.11. The molecule has 1 atom stereocenters. The van der Waals surface area contributed by atoms with Crippen LogP contribution in [0.1, 0.15) is 84.0 Å².